The minimum atomic E-state index is -0.348. The molecule has 2 aliphatic rings. The van der Waals surface area contributed by atoms with Crippen LogP contribution in [0.25, 0.3) is 0 Å². The predicted molar refractivity (Wildman–Crippen MR) is 83.7 cm³/mol. The van der Waals surface area contributed by atoms with E-state index in [1.54, 1.807) is 30.3 Å². The number of rotatable bonds is 4. The van der Waals surface area contributed by atoms with Gasteiger partial charge in [0.15, 0.2) is 0 Å². The number of anilines is 1. The fourth-order valence-corrected chi connectivity index (χ4v) is 2.78. The lowest BCUT2D eigenvalue weighted by molar-refractivity contribution is 0.0475. The van der Waals surface area contributed by atoms with E-state index in [1.807, 2.05) is 0 Å². The number of nitriles is 2. The summed E-state index contributed by atoms with van der Waals surface area (Å²) >= 11 is 0. The number of amides is 2. The van der Waals surface area contributed by atoms with Crippen LogP contribution in [-0.2, 0) is 4.74 Å². The van der Waals surface area contributed by atoms with E-state index < -0.39 is 0 Å². The third-order valence-electron chi connectivity index (χ3n) is 4.00. The van der Waals surface area contributed by atoms with Crippen molar-refractivity contribution >= 4 is 17.5 Å². The van der Waals surface area contributed by atoms with Crippen molar-refractivity contribution in [3.63, 3.8) is 0 Å². The van der Waals surface area contributed by atoms with Gasteiger partial charge in [-0.25, -0.2) is 0 Å². The van der Waals surface area contributed by atoms with Crippen LogP contribution in [0.1, 0.15) is 33.6 Å². The molecule has 0 bridgehead atoms. The summed E-state index contributed by atoms with van der Waals surface area (Å²) in [5.41, 5.74) is 1.11. The maximum atomic E-state index is 12.5. The molecule has 2 aliphatic heterocycles. The Morgan fingerprint density at radius 1 is 1.29 bits per heavy atom. The molecule has 0 aliphatic carbocycles. The molecule has 24 heavy (non-hydrogen) atoms. The van der Waals surface area contributed by atoms with Gasteiger partial charge in [0.1, 0.15) is 17.7 Å². The molecule has 1 aromatic carbocycles. The molecule has 2 amide bonds. The minimum Gasteiger partial charge on any atom is -0.376 e. The number of ether oxygens (including phenoxy) is 1. The van der Waals surface area contributed by atoms with Gasteiger partial charge in [0.05, 0.1) is 23.8 Å². The van der Waals surface area contributed by atoms with E-state index in [0.717, 1.165) is 12.8 Å². The molecular formula is C17H14N4O3. The second-order valence-corrected chi connectivity index (χ2v) is 5.54. The number of carbonyl (C=O) groups is 2. The van der Waals surface area contributed by atoms with Gasteiger partial charge >= 0.3 is 0 Å². The molecule has 1 N–H and O–H groups in total. The highest BCUT2D eigenvalue weighted by atomic mass is 16.5. The number of hydrogen-bond acceptors (Lipinski definition) is 6. The Kier molecular flexibility index (Phi) is 4.28. The van der Waals surface area contributed by atoms with E-state index >= 15 is 0 Å². The van der Waals surface area contributed by atoms with Gasteiger partial charge in [-0.05, 0) is 31.0 Å². The van der Waals surface area contributed by atoms with Gasteiger partial charge in [-0.2, -0.15) is 10.5 Å². The molecule has 1 aromatic rings. The van der Waals surface area contributed by atoms with Crippen LogP contribution in [0, 0.1) is 22.7 Å². The summed E-state index contributed by atoms with van der Waals surface area (Å²) in [6.07, 6.45) is 2.94. The van der Waals surface area contributed by atoms with Crippen LogP contribution < -0.4 is 5.32 Å². The number of nitrogens with zero attached hydrogens (tertiary/aromatic N) is 3. The van der Waals surface area contributed by atoms with Gasteiger partial charge in [0, 0.05) is 18.5 Å². The molecule has 7 heteroatoms. The summed E-state index contributed by atoms with van der Waals surface area (Å²) in [4.78, 5) is 26.1. The maximum absolute atomic E-state index is 12.5. The fraction of sp³-hybridized carbons (Fsp3) is 0.294. The molecule has 1 atom stereocenters. The molecular weight excluding hydrogens is 308 g/mol. The van der Waals surface area contributed by atoms with Gasteiger partial charge < -0.3 is 10.1 Å². The molecule has 0 radical (unpaired) electrons. The Hall–Kier alpha value is -3.16. The lowest BCUT2D eigenvalue weighted by atomic mass is 10.1. The normalized spacial score (nSPS) is 18.8. The van der Waals surface area contributed by atoms with Gasteiger partial charge in [-0.15, -0.1) is 0 Å². The highest BCUT2D eigenvalue weighted by molar-refractivity contribution is 6.21. The topological polar surface area (TPSA) is 106 Å². The summed E-state index contributed by atoms with van der Waals surface area (Å²) in [6.45, 7) is 0.927. The number of nitrogens with one attached hydrogen (secondary N) is 1. The van der Waals surface area contributed by atoms with Crippen LogP contribution in [-0.4, -0.2) is 36.0 Å². The monoisotopic (exact) mass is 322 g/mol. The standard InChI is InChI=1S/C17H14N4O3/c18-7-11(8-19)9-20-12-3-4-14-15(6-12)17(23)21(16(14)22)10-13-2-1-5-24-13/h3-4,6,9,13,20H,1-2,5,10H2. The quantitative estimate of drug-likeness (QED) is 0.669. The molecule has 1 unspecified atom stereocenters. The second kappa shape index (κ2) is 6.53. The third kappa shape index (κ3) is 2.85. The Morgan fingerprint density at radius 3 is 2.71 bits per heavy atom. The Morgan fingerprint density at radius 2 is 2.04 bits per heavy atom. The van der Waals surface area contributed by atoms with E-state index in [1.165, 1.54) is 11.1 Å². The summed E-state index contributed by atoms with van der Waals surface area (Å²) < 4.78 is 5.50. The first-order valence-electron chi connectivity index (χ1n) is 7.53. The molecule has 1 saturated heterocycles. The highest BCUT2D eigenvalue weighted by Crippen LogP contribution is 2.27. The average Bonchev–Trinajstić information content (AvgIpc) is 3.19. The summed E-state index contributed by atoms with van der Waals surface area (Å²) in [6, 6.07) is 8.21. The van der Waals surface area contributed by atoms with Gasteiger partial charge in [0.25, 0.3) is 11.8 Å². The number of carbonyl (C=O) groups excluding carboxylic acids is 2. The summed E-state index contributed by atoms with van der Waals surface area (Å²) in [7, 11) is 0. The van der Waals surface area contributed by atoms with Crippen molar-refractivity contribution in [1.29, 1.82) is 10.5 Å². The van der Waals surface area contributed by atoms with Crippen molar-refractivity contribution < 1.29 is 14.3 Å². The number of benzene rings is 1. The van der Waals surface area contributed by atoms with Crippen LogP contribution >= 0.6 is 0 Å². The van der Waals surface area contributed by atoms with Gasteiger partial charge in [0.2, 0.25) is 0 Å². The molecule has 120 valence electrons. The average molecular weight is 322 g/mol. The van der Waals surface area contributed by atoms with E-state index in [-0.39, 0.29) is 30.0 Å². The zero-order chi connectivity index (χ0) is 17.1. The first-order chi connectivity index (χ1) is 11.6. The molecule has 3 rings (SSSR count). The van der Waals surface area contributed by atoms with Crippen molar-refractivity contribution in [3.05, 3.63) is 41.1 Å². The first kappa shape index (κ1) is 15.7. The Labute approximate surface area is 138 Å². The van der Waals surface area contributed by atoms with Crippen molar-refractivity contribution in [2.45, 2.75) is 18.9 Å². The van der Waals surface area contributed by atoms with E-state index in [4.69, 9.17) is 15.3 Å². The molecule has 7 nitrogen and oxygen atoms in total. The van der Waals surface area contributed by atoms with Crippen molar-refractivity contribution in [2.24, 2.45) is 0 Å². The lowest BCUT2D eigenvalue weighted by Crippen LogP contribution is -2.36. The highest BCUT2D eigenvalue weighted by Gasteiger charge is 2.37. The number of imide groups is 1. The number of allylic oxidation sites excluding steroid dienone is 1. The van der Waals surface area contributed by atoms with Crippen LogP contribution in [0.2, 0.25) is 0 Å². The third-order valence-corrected chi connectivity index (χ3v) is 4.00. The molecule has 0 aromatic heterocycles. The van der Waals surface area contributed by atoms with Gasteiger partial charge in [-0.1, -0.05) is 0 Å². The van der Waals surface area contributed by atoms with Gasteiger partial charge in [-0.3, -0.25) is 14.5 Å². The molecule has 1 fully saturated rings. The minimum absolute atomic E-state index is 0.0853. The van der Waals surface area contributed by atoms with E-state index in [9.17, 15) is 9.59 Å². The predicted octanol–water partition coefficient (Wildman–Crippen LogP) is 1.80. The Bertz CT molecular complexity index is 794. The second-order valence-electron chi connectivity index (χ2n) is 5.54. The van der Waals surface area contributed by atoms with Crippen molar-refractivity contribution in [1.82, 2.24) is 4.90 Å². The van der Waals surface area contributed by atoms with Crippen LogP contribution in [0.15, 0.2) is 30.0 Å². The van der Waals surface area contributed by atoms with E-state index in [0.29, 0.717) is 23.4 Å². The summed E-state index contributed by atoms with van der Waals surface area (Å²) in [5.74, 6) is -0.666. The van der Waals surface area contributed by atoms with Crippen molar-refractivity contribution in [2.75, 3.05) is 18.5 Å². The number of fused-ring (bicyclic) bond motifs is 1. The fourth-order valence-electron chi connectivity index (χ4n) is 2.78. The van der Waals surface area contributed by atoms with E-state index in [2.05, 4.69) is 5.32 Å². The summed E-state index contributed by atoms with van der Waals surface area (Å²) in [5, 5.41) is 20.2. The largest absolute Gasteiger partial charge is 0.376 e. The first-order valence-corrected chi connectivity index (χ1v) is 7.53. The van der Waals surface area contributed by atoms with Crippen molar-refractivity contribution in [3.8, 4) is 12.1 Å². The molecule has 2 heterocycles. The molecule has 0 saturated carbocycles. The van der Waals surface area contributed by atoms with Crippen LogP contribution in [0.5, 0.6) is 0 Å². The lowest BCUT2D eigenvalue weighted by Gasteiger charge is -2.17. The molecule has 0 spiro atoms. The van der Waals surface area contributed by atoms with Crippen LogP contribution in [0.3, 0.4) is 0 Å². The van der Waals surface area contributed by atoms with Crippen LogP contribution in [0.4, 0.5) is 5.69 Å². The SMILES string of the molecule is N#CC(C#N)=CNc1ccc2c(c1)C(=O)N(CC1CCCO1)C2=O. The Balaban J connectivity index is 1.80. The smallest absolute Gasteiger partial charge is 0.261 e. The zero-order valence-electron chi connectivity index (χ0n) is 12.8. The zero-order valence-corrected chi connectivity index (χ0v) is 12.8. The number of hydrogen-bond donors (Lipinski definition) is 1. The maximum Gasteiger partial charge on any atom is 0.261 e.